The number of anilines is 1. The van der Waals surface area contributed by atoms with Crippen molar-refractivity contribution in [2.75, 3.05) is 11.9 Å². The van der Waals surface area contributed by atoms with Crippen LogP contribution in [0.5, 0.6) is 5.75 Å². The number of hydrogen-bond acceptors (Lipinski definition) is 5. The summed E-state index contributed by atoms with van der Waals surface area (Å²) in [5, 5.41) is 16.3. The van der Waals surface area contributed by atoms with Gasteiger partial charge >= 0.3 is 0 Å². The Morgan fingerprint density at radius 2 is 1.82 bits per heavy atom. The van der Waals surface area contributed by atoms with Crippen molar-refractivity contribution in [1.82, 2.24) is 5.32 Å². The van der Waals surface area contributed by atoms with Crippen molar-refractivity contribution in [3.8, 4) is 5.75 Å². The Hall–Kier alpha value is -3.00. The van der Waals surface area contributed by atoms with Crippen molar-refractivity contribution < 1.29 is 14.5 Å². The molecule has 2 aromatic rings. The standard InChI is InChI=1S/C20H23N3O4S/c1-2-3-4-9-14-27-18-13-8-5-10-15(18)19(24)22-20(28)21-16-11-6-7-12-17(16)23(25)26/h5-8,10-13H,2-4,9,14H2,1H3,(H2,21,22,24,28). The van der Waals surface area contributed by atoms with Gasteiger partial charge in [0.05, 0.1) is 17.1 Å². The van der Waals surface area contributed by atoms with Gasteiger partial charge in [0.1, 0.15) is 11.4 Å². The summed E-state index contributed by atoms with van der Waals surface area (Å²) < 4.78 is 5.74. The zero-order valence-corrected chi connectivity index (χ0v) is 16.5. The molecule has 0 aromatic heterocycles. The fraction of sp³-hybridized carbons (Fsp3) is 0.300. The van der Waals surface area contributed by atoms with E-state index in [-0.39, 0.29) is 16.5 Å². The maximum Gasteiger partial charge on any atom is 0.292 e. The van der Waals surface area contributed by atoms with Gasteiger partial charge in [0.2, 0.25) is 0 Å². The van der Waals surface area contributed by atoms with Crippen molar-refractivity contribution >= 4 is 34.6 Å². The van der Waals surface area contributed by atoms with Crippen molar-refractivity contribution in [3.63, 3.8) is 0 Å². The van der Waals surface area contributed by atoms with Crippen molar-refractivity contribution in [1.29, 1.82) is 0 Å². The summed E-state index contributed by atoms with van der Waals surface area (Å²) in [5.74, 6) is 0.0326. The number of para-hydroxylation sites is 3. The van der Waals surface area contributed by atoms with E-state index in [9.17, 15) is 14.9 Å². The number of unbranched alkanes of at least 4 members (excludes halogenated alkanes) is 3. The van der Waals surface area contributed by atoms with E-state index < -0.39 is 10.8 Å². The summed E-state index contributed by atoms with van der Waals surface area (Å²) in [4.78, 5) is 23.1. The molecule has 0 radical (unpaired) electrons. The van der Waals surface area contributed by atoms with Gasteiger partial charge in [-0.3, -0.25) is 20.2 Å². The molecule has 0 atom stereocenters. The number of nitro benzene ring substituents is 1. The highest BCUT2D eigenvalue weighted by atomic mass is 32.1. The van der Waals surface area contributed by atoms with E-state index in [1.807, 2.05) is 0 Å². The number of amides is 1. The molecular weight excluding hydrogens is 378 g/mol. The highest BCUT2D eigenvalue weighted by Crippen LogP contribution is 2.23. The third kappa shape index (κ3) is 6.31. The minimum absolute atomic E-state index is 0.0305. The van der Waals surface area contributed by atoms with Crippen molar-refractivity contribution in [3.05, 3.63) is 64.2 Å². The van der Waals surface area contributed by atoms with Crippen LogP contribution in [0, 0.1) is 10.1 Å². The van der Waals surface area contributed by atoms with Crippen LogP contribution in [-0.2, 0) is 0 Å². The van der Waals surface area contributed by atoms with Gasteiger partial charge in [-0.05, 0) is 36.8 Å². The number of carbonyl (C=O) groups excluding carboxylic acids is 1. The maximum atomic E-state index is 12.6. The largest absolute Gasteiger partial charge is 0.493 e. The first-order valence-electron chi connectivity index (χ1n) is 9.10. The first-order chi connectivity index (χ1) is 13.5. The fourth-order valence-electron chi connectivity index (χ4n) is 2.55. The summed E-state index contributed by atoms with van der Waals surface area (Å²) >= 11 is 5.13. The predicted octanol–water partition coefficient (Wildman–Crippen LogP) is 4.68. The zero-order chi connectivity index (χ0) is 20.4. The van der Waals surface area contributed by atoms with E-state index >= 15 is 0 Å². The Morgan fingerprint density at radius 3 is 2.57 bits per heavy atom. The Morgan fingerprint density at radius 1 is 1.11 bits per heavy atom. The highest BCUT2D eigenvalue weighted by Gasteiger charge is 2.16. The van der Waals surface area contributed by atoms with Gasteiger partial charge in [-0.25, -0.2) is 0 Å². The molecule has 2 aromatic carbocycles. The highest BCUT2D eigenvalue weighted by molar-refractivity contribution is 7.80. The first kappa shape index (κ1) is 21.3. The van der Waals surface area contributed by atoms with Gasteiger partial charge in [0.15, 0.2) is 5.11 Å². The van der Waals surface area contributed by atoms with Gasteiger partial charge in [0.25, 0.3) is 11.6 Å². The second-order valence-corrected chi connectivity index (χ2v) is 6.50. The number of rotatable bonds is 9. The molecule has 0 fully saturated rings. The molecule has 0 aliphatic rings. The van der Waals surface area contributed by atoms with Crippen LogP contribution >= 0.6 is 12.2 Å². The molecule has 7 nitrogen and oxygen atoms in total. The molecule has 28 heavy (non-hydrogen) atoms. The normalized spacial score (nSPS) is 10.2. The minimum atomic E-state index is -0.519. The summed E-state index contributed by atoms with van der Waals surface area (Å²) in [6, 6.07) is 13.0. The summed E-state index contributed by atoms with van der Waals surface area (Å²) in [5.41, 5.74) is 0.429. The summed E-state index contributed by atoms with van der Waals surface area (Å²) in [6.45, 7) is 2.67. The van der Waals surface area contributed by atoms with Gasteiger partial charge in [0, 0.05) is 6.07 Å². The Balaban J connectivity index is 1.99. The molecule has 0 heterocycles. The quantitative estimate of drug-likeness (QED) is 0.274. The van der Waals surface area contributed by atoms with E-state index in [1.54, 1.807) is 36.4 Å². The minimum Gasteiger partial charge on any atom is -0.493 e. The van der Waals surface area contributed by atoms with Crippen LogP contribution in [0.15, 0.2) is 48.5 Å². The second kappa shape index (κ2) is 11.0. The molecule has 0 unspecified atom stereocenters. The molecule has 0 bridgehead atoms. The zero-order valence-electron chi connectivity index (χ0n) is 15.6. The number of carbonyl (C=O) groups is 1. The molecule has 8 heteroatoms. The Labute approximate surface area is 169 Å². The lowest BCUT2D eigenvalue weighted by atomic mass is 10.2. The molecule has 1 amide bonds. The molecule has 148 valence electrons. The van der Waals surface area contributed by atoms with E-state index in [0.29, 0.717) is 17.9 Å². The monoisotopic (exact) mass is 401 g/mol. The van der Waals surface area contributed by atoms with E-state index in [0.717, 1.165) is 25.7 Å². The number of nitrogens with one attached hydrogen (secondary N) is 2. The molecule has 0 spiro atoms. The SMILES string of the molecule is CCCCCCOc1ccccc1C(=O)NC(=S)Nc1ccccc1[N+](=O)[O-]. The Bertz CT molecular complexity index is 842. The lowest BCUT2D eigenvalue weighted by Gasteiger charge is -2.13. The molecule has 0 saturated carbocycles. The predicted molar refractivity (Wildman–Crippen MR) is 113 cm³/mol. The van der Waals surface area contributed by atoms with Crippen LogP contribution in [-0.4, -0.2) is 22.5 Å². The van der Waals surface area contributed by atoms with E-state index in [4.69, 9.17) is 17.0 Å². The Kier molecular flexibility index (Phi) is 8.36. The molecule has 2 rings (SSSR count). The van der Waals surface area contributed by atoms with Crippen LogP contribution in [0.1, 0.15) is 43.0 Å². The molecule has 0 aliphatic carbocycles. The van der Waals surface area contributed by atoms with Gasteiger partial charge in [-0.1, -0.05) is 50.5 Å². The third-order valence-corrected chi connectivity index (χ3v) is 4.17. The van der Waals surface area contributed by atoms with Crippen LogP contribution in [0.4, 0.5) is 11.4 Å². The smallest absolute Gasteiger partial charge is 0.292 e. The maximum absolute atomic E-state index is 12.6. The third-order valence-electron chi connectivity index (χ3n) is 3.96. The summed E-state index contributed by atoms with van der Waals surface area (Å²) in [7, 11) is 0. The van der Waals surface area contributed by atoms with Gasteiger partial charge in [-0.15, -0.1) is 0 Å². The first-order valence-corrected chi connectivity index (χ1v) is 9.51. The number of hydrogen-bond donors (Lipinski definition) is 2. The molecular formula is C20H23N3O4S. The van der Waals surface area contributed by atoms with Crippen molar-refractivity contribution in [2.45, 2.75) is 32.6 Å². The fourth-order valence-corrected chi connectivity index (χ4v) is 2.76. The summed E-state index contributed by atoms with van der Waals surface area (Å²) in [6.07, 6.45) is 4.29. The average molecular weight is 401 g/mol. The van der Waals surface area contributed by atoms with Crippen LogP contribution in [0.3, 0.4) is 0 Å². The topological polar surface area (TPSA) is 93.5 Å². The lowest BCUT2D eigenvalue weighted by Crippen LogP contribution is -2.34. The molecule has 2 N–H and O–H groups in total. The average Bonchev–Trinajstić information content (AvgIpc) is 2.68. The molecule has 0 aliphatic heterocycles. The number of thiocarbonyl (C=S) groups is 1. The van der Waals surface area contributed by atoms with Gasteiger partial charge < -0.3 is 10.1 Å². The number of benzene rings is 2. The number of ether oxygens (including phenoxy) is 1. The van der Waals surface area contributed by atoms with Crippen molar-refractivity contribution in [2.24, 2.45) is 0 Å². The molecule has 0 saturated heterocycles. The van der Waals surface area contributed by atoms with E-state index in [1.165, 1.54) is 12.1 Å². The lowest BCUT2D eigenvalue weighted by molar-refractivity contribution is -0.383. The van der Waals surface area contributed by atoms with E-state index in [2.05, 4.69) is 17.6 Å². The van der Waals surface area contributed by atoms with Crippen LogP contribution in [0.2, 0.25) is 0 Å². The second-order valence-electron chi connectivity index (χ2n) is 6.09. The number of nitrogens with zero attached hydrogens (tertiary/aromatic N) is 1. The van der Waals surface area contributed by atoms with Crippen LogP contribution < -0.4 is 15.4 Å². The van der Waals surface area contributed by atoms with Crippen LogP contribution in [0.25, 0.3) is 0 Å². The van der Waals surface area contributed by atoms with Gasteiger partial charge in [-0.2, -0.15) is 0 Å². The number of nitro groups is 1.